The number of nitrogens with zero attached hydrogens (tertiary/aromatic N) is 2. The minimum Gasteiger partial charge on any atom is -0.374 e. The van der Waals surface area contributed by atoms with E-state index in [4.69, 9.17) is 4.74 Å². The average molecular weight is 447 g/mol. The van der Waals surface area contributed by atoms with E-state index in [1.54, 1.807) is 28.8 Å². The highest BCUT2D eigenvalue weighted by Gasteiger charge is 2.49. The summed E-state index contributed by atoms with van der Waals surface area (Å²) in [6, 6.07) is 7.91. The summed E-state index contributed by atoms with van der Waals surface area (Å²) in [4.78, 5) is 3.88. The van der Waals surface area contributed by atoms with E-state index in [0.29, 0.717) is 23.0 Å². The number of halogens is 3. The lowest BCUT2D eigenvalue weighted by atomic mass is 10.2. The number of ether oxygens (including phenoxy) is 1. The smallest absolute Gasteiger partial charge is 0.374 e. The molecule has 3 aromatic rings. The summed E-state index contributed by atoms with van der Waals surface area (Å²) >= 11 is 0. The van der Waals surface area contributed by atoms with Crippen LogP contribution in [-0.4, -0.2) is 38.2 Å². The predicted octanol–water partition coefficient (Wildman–Crippen LogP) is 4.73. The molecule has 0 aliphatic carbocycles. The molecule has 0 aliphatic heterocycles. The lowest BCUT2D eigenvalue weighted by Crippen LogP contribution is -2.28. The highest BCUT2D eigenvalue weighted by Crippen LogP contribution is 2.37. The van der Waals surface area contributed by atoms with Gasteiger partial charge in [0.2, 0.25) is 0 Å². The molecule has 0 bridgehead atoms. The van der Waals surface area contributed by atoms with Gasteiger partial charge in [0.05, 0.1) is 28.8 Å². The van der Waals surface area contributed by atoms with Crippen LogP contribution >= 0.6 is 0 Å². The largest absolute Gasteiger partial charge is 0.534 e. The number of fused-ring (bicyclic) bond motifs is 3. The van der Waals surface area contributed by atoms with Crippen LogP contribution in [0.2, 0.25) is 25.7 Å². The van der Waals surface area contributed by atoms with E-state index >= 15 is 0 Å². The molecule has 3 rings (SSSR count). The monoisotopic (exact) mass is 446 g/mol. The third-order valence-corrected chi connectivity index (χ3v) is 7.02. The van der Waals surface area contributed by atoms with Crippen LogP contribution in [0.1, 0.15) is 0 Å². The van der Waals surface area contributed by atoms with Gasteiger partial charge in [0.1, 0.15) is 6.73 Å². The van der Waals surface area contributed by atoms with Crippen molar-refractivity contribution >= 4 is 40.0 Å². The Kier molecular flexibility index (Phi) is 5.67. The zero-order valence-electron chi connectivity index (χ0n) is 16.2. The van der Waals surface area contributed by atoms with Crippen molar-refractivity contribution in [3.05, 3.63) is 36.7 Å². The molecule has 0 fully saturated rings. The summed E-state index contributed by atoms with van der Waals surface area (Å²) < 4.78 is 73.3. The first-order valence-electron chi connectivity index (χ1n) is 8.84. The van der Waals surface area contributed by atoms with Crippen LogP contribution in [0, 0.1) is 0 Å². The second kappa shape index (κ2) is 7.61. The number of aromatic nitrogens is 2. The molecule has 29 heavy (non-hydrogen) atoms. The van der Waals surface area contributed by atoms with Crippen molar-refractivity contribution in [3.63, 3.8) is 0 Å². The molecule has 6 nitrogen and oxygen atoms in total. The number of benzene rings is 1. The van der Waals surface area contributed by atoms with Crippen molar-refractivity contribution in [2.75, 3.05) is 6.61 Å². The minimum absolute atomic E-state index is 0.158. The first kappa shape index (κ1) is 21.6. The highest BCUT2D eigenvalue weighted by atomic mass is 32.2. The van der Waals surface area contributed by atoms with E-state index in [1.807, 2.05) is 0 Å². The lowest BCUT2D eigenvalue weighted by Gasteiger charge is -2.16. The molecule has 2 aromatic heterocycles. The SMILES string of the molecule is C[Si](C)(C)CCOCn1c2ccccc2c2c(OS(=O)(=O)C(F)(F)F)cncc21. The Hall–Kier alpha value is -2.11. The van der Waals surface area contributed by atoms with Gasteiger partial charge in [-0.3, -0.25) is 4.98 Å². The fraction of sp³-hybridized carbons (Fsp3) is 0.389. The molecule has 2 heterocycles. The zero-order chi connectivity index (χ0) is 21.4. The molecule has 0 amide bonds. The van der Waals surface area contributed by atoms with Crippen molar-refractivity contribution in [2.24, 2.45) is 0 Å². The fourth-order valence-corrected chi connectivity index (χ4v) is 4.07. The predicted molar refractivity (Wildman–Crippen MR) is 107 cm³/mol. The Morgan fingerprint density at radius 1 is 1.10 bits per heavy atom. The molecule has 0 saturated heterocycles. The van der Waals surface area contributed by atoms with Gasteiger partial charge < -0.3 is 13.5 Å². The molecule has 0 N–H and O–H groups in total. The molecule has 11 heteroatoms. The van der Waals surface area contributed by atoms with E-state index in [1.165, 1.54) is 6.20 Å². The van der Waals surface area contributed by atoms with Crippen molar-refractivity contribution in [1.29, 1.82) is 0 Å². The number of hydrogen-bond acceptors (Lipinski definition) is 5. The van der Waals surface area contributed by atoms with Gasteiger partial charge in [-0.1, -0.05) is 37.8 Å². The summed E-state index contributed by atoms with van der Waals surface area (Å²) in [7, 11) is -7.09. The summed E-state index contributed by atoms with van der Waals surface area (Å²) in [6.07, 6.45) is 2.42. The lowest BCUT2D eigenvalue weighted by molar-refractivity contribution is -0.0499. The summed E-state index contributed by atoms with van der Waals surface area (Å²) in [6.45, 7) is 7.39. The van der Waals surface area contributed by atoms with Crippen LogP contribution in [0.4, 0.5) is 13.2 Å². The second-order valence-corrected chi connectivity index (χ2v) is 15.0. The number of para-hydroxylation sites is 1. The molecule has 158 valence electrons. The van der Waals surface area contributed by atoms with Gasteiger partial charge in [-0.15, -0.1) is 0 Å². The summed E-state index contributed by atoms with van der Waals surface area (Å²) in [5.41, 5.74) is -4.43. The maximum atomic E-state index is 12.8. The Bertz CT molecular complexity index is 1140. The number of rotatable bonds is 7. The molecule has 0 atom stereocenters. The van der Waals surface area contributed by atoms with Gasteiger partial charge in [0.15, 0.2) is 5.75 Å². The third kappa shape index (κ3) is 4.56. The van der Waals surface area contributed by atoms with E-state index in [-0.39, 0.29) is 12.1 Å². The average Bonchev–Trinajstić information content (AvgIpc) is 2.91. The molecule has 1 aromatic carbocycles. The zero-order valence-corrected chi connectivity index (χ0v) is 18.0. The molecule has 0 aliphatic rings. The van der Waals surface area contributed by atoms with Gasteiger partial charge in [-0.05, 0) is 12.1 Å². The Balaban J connectivity index is 2.05. The Morgan fingerprint density at radius 2 is 1.79 bits per heavy atom. The fourth-order valence-electron chi connectivity index (χ4n) is 2.86. The van der Waals surface area contributed by atoms with Gasteiger partial charge in [-0.25, -0.2) is 0 Å². The molecular weight excluding hydrogens is 425 g/mol. The topological polar surface area (TPSA) is 70.4 Å². The quantitative estimate of drug-likeness (QED) is 0.227. The maximum Gasteiger partial charge on any atom is 0.534 e. The molecule has 0 unspecified atom stereocenters. The van der Waals surface area contributed by atoms with Gasteiger partial charge in [0, 0.05) is 20.1 Å². The van der Waals surface area contributed by atoms with Crippen LogP contribution < -0.4 is 4.18 Å². The van der Waals surface area contributed by atoms with Crippen molar-refractivity contribution < 1.29 is 30.5 Å². The number of alkyl halides is 3. The molecule has 0 radical (unpaired) electrons. The van der Waals surface area contributed by atoms with Crippen LogP contribution in [0.25, 0.3) is 21.8 Å². The third-order valence-electron chi connectivity index (χ3n) is 4.35. The highest BCUT2D eigenvalue weighted by molar-refractivity contribution is 7.88. The van der Waals surface area contributed by atoms with Gasteiger partial charge in [0.25, 0.3) is 0 Å². The molecule has 0 saturated carbocycles. The second-order valence-electron chi connectivity index (χ2n) is 7.81. The van der Waals surface area contributed by atoms with E-state index < -0.39 is 29.4 Å². The van der Waals surface area contributed by atoms with Crippen molar-refractivity contribution in [1.82, 2.24) is 9.55 Å². The van der Waals surface area contributed by atoms with Crippen LogP contribution in [0.5, 0.6) is 5.75 Å². The van der Waals surface area contributed by atoms with Gasteiger partial charge in [-0.2, -0.15) is 21.6 Å². The molecular formula is C18H21F3N2O4SSi. The maximum absolute atomic E-state index is 12.8. The first-order chi connectivity index (χ1) is 13.4. The van der Waals surface area contributed by atoms with E-state index in [2.05, 4.69) is 28.8 Å². The van der Waals surface area contributed by atoms with E-state index in [9.17, 15) is 21.6 Å². The normalized spacial score (nSPS) is 13.3. The molecule has 0 spiro atoms. The number of hydrogen-bond donors (Lipinski definition) is 0. The summed E-state index contributed by atoms with van der Waals surface area (Å²) in [5.74, 6) is -0.475. The Labute approximate surface area is 167 Å². The van der Waals surface area contributed by atoms with Crippen molar-refractivity contribution in [3.8, 4) is 5.75 Å². The van der Waals surface area contributed by atoms with Crippen LogP contribution in [0.15, 0.2) is 36.7 Å². The first-order valence-corrected chi connectivity index (χ1v) is 14.0. The van der Waals surface area contributed by atoms with E-state index in [0.717, 1.165) is 12.2 Å². The minimum atomic E-state index is -5.81. The number of pyridine rings is 1. The van der Waals surface area contributed by atoms with Crippen LogP contribution in [0.3, 0.4) is 0 Å². The van der Waals surface area contributed by atoms with Crippen molar-refractivity contribution in [2.45, 2.75) is 37.9 Å². The standard InChI is InChI=1S/C18H21F3N2O4SSi/c1-29(2,3)9-8-26-12-23-14-7-5-4-6-13(14)17-15(23)10-22-11-16(17)27-28(24,25)18(19,20)21/h4-7,10-11H,8-9,12H2,1-3H3. The van der Waals surface area contributed by atoms with Crippen LogP contribution in [-0.2, 0) is 21.6 Å². The van der Waals surface area contributed by atoms with Gasteiger partial charge >= 0.3 is 15.6 Å². The Morgan fingerprint density at radius 3 is 2.45 bits per heavy atom. The summed E-state index contributed by atoms with van der Waals surface area (Å²) in [5, 5.41) is 0.781.